The number of aromatic nitrogens is 2. The Hall–Kier alpha value is -2.57. The molecule has 1 fully saturated rings. The highest BCUT2D eigenvalue weighted by molar-refractivity contribution is 6.00. The van der Waals surface area contributed by atoms with E-state index < -0.39 is 11.9 Å². The Labute approximate surface area is 139 Å². The van der Waals surface area contributed by atoms with Gasteiger partial charge >= 0.3 is 5.69 Å². The van der Waals surface area contributed by atoms with E-state index in [0.717, 1.165) is 11.2 Å². The monoisotopic (exact) mass is 330 g/mol. The van der Waals surface area contributed by atoms with E-state index in [1.807, 2.05) is 39.0 Å². The number of imidazole rings is 1. The third-order valence-corrected chi connectivity index (χ3v) is 4.13. The van der Waals surface area contributed by atoms with E-state index in [0.29, 0.717) is 11.9 Å². The van der Waals surface area contributed by atoms with Gasteiger partial charge in [0.2, 0.25) is 11.8 Å². The number of piperidine rings is 1. The Morgan fingerprint density at radius 3 is 2.54 bits per heavy atom. The summed E-state index contributed by atoms with van der Waals surface area (Å²) in [5.74, 6) is -0.713. The highest BCUT2D eigenvalue weighted by Gasteiger charge is 2.31. The van der Waals surface area contributed by atoms with Crippen molar-refractivity contribution in [1.82, 2.24) is 14.5 Å². The second kappa shape index (κ2) is 5.51. The number of benzene rings is 1. The molecule has 0 bridgehead atoms. The van der Waals surface area contributed by atoms with Crippen LogP contribution in [0.25, 0.3) is 11.0 Å². The van der Waals surface area contributed by atoms with Gasteiger partial charge in [0.15, 0.2) is 0 Å². The molecule has 7 heteroatoms. The van der Waals surface area contributed by atoms with Gasteiger partial charge in [-0.05, 0) is 39.3 Å². The van der Waals surface area contributed by atoms with Crippen LogP contribution in [0, 0.1) is 0 Å². The van der Waals surface area contributed by atoms with Crippen molar-refractivity contribution in [1.29, 1.82) is 0 Å². The van der Waals surface area contributed by atoms with Crippen LogP contribution in [0.3, 0.4) is 0 Å². The van der Waals surface area contributed by atoms with Gasteiger partial charge in [-0.2, -0.15) is 0 Å². The summed E-state index contributed by atoms with van der Waals surface area (Å²) < 4.78 is 3.04. The van der Waals surface area contributed by atoms with E-state index >= 15 is 0 Å². The Kier molecular flexibility index (Phi) is 3.74. The van der Waals surface area contributed by atoms with Gasteiger partial charge < -0.3 is 5.32 Å². The van der Waals surface area contributed by atoms with Crippen LogP contribution >= 0.6 is 0 Å². The molecule has 0 aliphatic carbocycles. The van der Waals surface area contributed by atoms with Crippen LogP contribution in [0.15, 0.2) is 23.0 Å². The molecular formula is C17H22N4O3. The van der Waals surface area contributed by atoms with Crippen molar-refractivity contribution in [3.05, 3.63) is 28.7 Å². The third-order valence-electron chi connectivity index (χ3n) is 4.13. The fourth-order valence-electron chi connectivity index (χ4n) is 3.17. The second-order valence-corrected chi connectivity index (χ2v) is 7.23. The molecular weight excluding hydrogens is 308 g/mol. The molecule has 3 rings (SSSR count). The first kappa shape index (κ1) is 16.3. The topological polar surface area (TPSA) is 85.1 Å². The maximum absolute atomic E-state index is 12.8. The summed E-state index contributed by atoms with van der Waals surface area (Å²) in [5.41, 5.74) is 1.85. The lowest BCUT2D eigenvalue weighted by Crippen LogP contribution is -2.44. The summed E-state index contributed by atoms with van der Waals surface area (Å²) in [6, 6.07) is 4.94. The van der Waals surface area contributed by atoms with Gasteiger partial charge in [-0.1, -0.05) is 6.07 Å². The number of nitrogens with one attached hydrogen (secondary N) is 2. The number of aryl methyl sites for hydroxylation is 1. The normalized spacial score (nSPS) is 18.8. The van der Waals surface area contributed by atoms with Gasteiger partial charge in [0.1, 0.15) is 6.04 Å². The van der Waals surface area contributed by atoms with Gasteiger partial charge in [-0.25, -0.2) is 4.79 Å². The van der Waals surface area contributed by atoms with Gasteiger partial charge in [0, 0.05) is 19.0 Å². The molecule has 2 amide bonds. The molecule has 1 unspecified atom stereocenters. The molecule has 1 atom stereocenters. The van der Waals surface area contributed by atoms with Crippen molar-refractivity contribution in [3.63, 3.8) is 0 Å². The number of fused-ring (bicyclic) bond motifs is 1. The van der Waals surface area contributed by atoms with E-state index in [1.54, 1.807) is 11.6 Å². The molecule has 7 nitrogen and oxygen atoms in total. The predicted octanol–water partition coefficient (Wildman–Crippen LogP) is 1.53. The molecule has 1 aromatic heterocycles. The Morgan fingerprint density at radius 1 is 1.21 bits per heavy atom. The van der Waals surface area contributed by atoms with Gasteiger partial charge in [0.05, 0.1) is 16.7 Å². The first-order valence-electron chi connectivity index (χ1n) is 8.01. The average molecular weight is 330 g/mol. The lowest BCUT2D eigenvalue weighted by atomic mass is 10.1. The SMILES string of the molecule is Cn1c(=O)n(C2CCC(=O)NC2=O)c2cccc(NC(C)(C)C)c21. The van der Waals surface area contributed by atoms with Crippen LogP contribution in [0.1, 0.15) is 39.7 Å². The van der Waals surface area contributed by atoms with Crippen LogP contribution in [0.5, 0.6) is 0 Å². The van der Waals surface area contributed by atoms with Crippen molar-refractivity contribution in [2.24, 2.45) is 7.05 Å². The molecule has 0 radical (unpaired) electrons. The summed E-state index contributed by atoms with van der Waals surface area (Å²) in [6.07, 6.45) is 0.569. The molecule has 24 heavy (non-hydrogen) atoms. The fraction of sp³-hybridized carbons (Fsp3) is 0.471. The van der Waals surface area contributed by atoms with Crippen molar-refractivity contribution in [2.45, 2.75) is 45.2 Å². The van der Waals surface area contributed by atoms with Gasteiger partial charge in [0.25, 0.3) is 0 Å². The summed E-state index contributed by atoms with van der Waals surface area (Å²) in [6.45, 7) is 6.13. The largest absolute Gasteiger partial charge is 0.379 e. The predicted molar refractivity (Wildman–Crippen MR) is 92.0 cm³/mol. The molecule has 128 valence electrons. The molecule has 1 aliphatic heterocycles. The maximum atomic E-state index is 12.8. The van der Waals surface area contributed by atoms with Crippen molar-refractivity contribution in [2.75, 3.05) is 5.32 Å². The molecule has 1 aliphatic rings. The molecule has 1 aromatic carbocycles. The average Bonchev–Trinajstić information content (AvgIpc) is 2.71. The number of imide groups is 1. The molecule has 2 aromatic rings. The number of hydrogen-bond donors (Lipinski definition) is 2. The zero-order chi connectivity index (χ0) is 17.6. The summed E-state index contributed by atoms with van der Waals surface area (Å²) in [5, 5.41) is 5.72. The molecule has 2 N–H and O–H groups in total. The zero-order valence-electron chi connectivity index (χ0n) is 14.3. The Bertz CT molecular complexity index is 886. The number of carbonyl (C=O) groups is 2. The van der Waals surface area contributed by atoms with Crippen LogP contribution in [0.2, 0.25) is 0 Å². The second-order valence-electron chi connectivity index (χ2n) is 7.23. The zero-order valence-corrected chi connectivity index (χ0v) is 14.3. The number of anilines is 1. The van der Waals surface area contributed by atoms with Crippen LogP contribution < -0.4 is 16.3 Å². The Morgan fingerprint density at radius 2 is 1.92 bits per heavy atom. The maximum Gasteiger partial charge on any atom is 0.329 e. The fourth-order valence-corrected chi connectivity index (χ4v) is 3.17. The highest BCUT2D eigenvalue weighted by Crippen LogP contribution is 2.28. The summed E-state index contributed by atoms with van der Waals surface area (Å²) in [4.78, 5) is 36.4. The summed E-state index contributed by atoms with van der Waals surface area (Å²) in [7, 11) is 1.70. The number of carbonyl (C=O) groups excluding carboxylic acids is 2. The van der Waals surface area contributed by atoms with Crippen LogP contribution in [0.4, 0.5) is 5.69 Å². The number of hydrogen-bond acceptors (Lipinski definition) is 4. The Balaban J connectivity index is 2.19. The first-order valence-corrected chi connectivity index (χ1v) is 8.01. The summed E-state index contributed by atoms with van der Waals surface area (Å²) >= 11 is 0. The number of amides is 2. The quantitative estimate of drug-likeness (QED) is 0.818. The number of nitrogens with zero attached hydrogens (tertiary/aromatic N) is 2. The molecule has 0 saturated carbocycles. The minimum absolute atomic E-state index is 0.166. The lowest BCUT2D eigenvalue weighted by Gasteiger charge is -2.23. The molecule has 1 saturated heterocycles. The first-order chi connectivity index (χ1) is 11.2. The minimum atomic E-state index is -0.663. The van der Waals surface area contributed by atoms with Crippen molar-refractivity contribution in [3.8, 4) is 0 Å². The smallest absolute Gasteiger partial charge is 0.329 e. The van der Waals surface area contributed by atoms with Gasteiger partial charge in [-0.3, -0.25) is 24.0 Å². The van der Waals surface area contributed by atoms with Crippen molar-refractivity contribution >= 4 is 28.5 Å². The van der Waals surface area contributed by atoms with E-state index in [4.69, 9.17) is 0 Å². The van der Waals surface area contributed by atoms with Crippen molar-refractivity contribution < 1.29 is 9.59 Å². The van der Waals surface area contributed by atoms with E-state index in [9.17, 15) is 14.4 Å². The van der Waals surface area contributed by atoms with E-state index in [2.05, 4.69) is 10.6 Å². The van der Waals surface area contributed by atoms with E-state index in [-0.39, 0.29) is 23.6 Å². The van der Waals surface area contributed by atoms with Crippen LogP contribution in [-0.4, -0.2) is 26.5 Å². The van der Waals surface area contributed by atoms with E-state index in [1.165, 1.54) is 4.57 Å². The minimum Gasteiger partial charge on any atom is -0.379 e. The molecule has 0 spiro atoms. The molecule has 2 heterocycles. The van der Waals surface area contributed by atoms with Gasteiger partial charge in [-0.15, -0.1) is 0 Å². The third kappa shape index (κ3) is 2.70. The standard InChI is InChI=1S/C17H22N4O3/c1-17(2,3)19-10-6-5-7-11-14(10)20(4)16(24)21(11)12-8-9-13(22)18-15(12)23/h5-7,12,19H,8-9H2,1-4H3,(H,18,22,23). The number of rotatable bonds is 2. The highest BCUT2D eigenvalue weighted by atomic mass is 16.2. The van der Waals surface area contributed by atoms with Crippen LogP contribution in [-0.2, 0) is 16.6 Å². The lowest BCUT2D eigenvalue weighted by molar-refractivity contribution is -0.135. The number of para-hydroxylation sites is 1.